The summed E-state index contributed by atoms with van der Waals surface area (Å²) >= 11 is 0. The third-order valence-corrected chi connectivity index (χ3v) is 1.94. The molecule has 1 fully saturated rings. The fourth-order valence-electron chi connectivity index (χ4n) is 1.15. The van der Waals surface area contributed by atoms with E-state index in [4.69, 9.17) is 15.3 Å². The maximum atomic E-state index is 9.18. The first-order valence-electron chi connectivity index (χ1n) is 3.55. The Morgan fingerprint density at radius 1 is 1.17 bits per heavy atom. The molecule has 5 nitrogen and oxygen atoms in total. The van der Waals surface area contributed by atoms with E-state index in [1.54, 1.807) is 0 Å². The number of rotatable bonds is 1. The molecule has 4 atom stereocenters. The fourth-order valence-corrected chi connectivity index (χ4v) is 1.15. The number of aliphatic hydroxyl groups is 4. The summed E-state index contributed by atoms with van der Waals surface area (Å²) in [5, 5.41) is 38.6. The van der Waals surface area contributed by atoms with E-state index < -0.39 is 24.4 Å². The van der Waals surface area contributed by atoms with E-state index in [9.17, 15) is 5.11 Å². The molecule has 12 heavy (non-hydrogen) atoms. The van der Waals surface area contributed by atoms with Crippen LogP contribution >= 0.6 is 0 Å². The topological polar surface area (TPSA) is 93.0 Å². The standard InChI is InChI=1S/C6H13NO4.CH4/c8-2-3-5(10)6(11)4(9)1-7-3;/h3-11H,1-2H2;1H4. The molecule has 0 bridgehead atoms. The summed E-state index contributed by atoms with van der Waals surface area (Å²) in [5.41, 5.74) is 0. The van der Waals surface area contributed by atoms with Crippen LogP contribution in [0.15, 0.2) is 0 Å². The summed E-state index contributed by atoms with van der Waals surface area (Å²) in [5.74, 6) is 0. The van der Waals surface area contributed by atoms with Gasteiger partial charge in [-0.05, 0) is 0 Å². The van der Waals surface area contributed by atoms with Crippen LogP contribution in [0, 0.1) is 0 Å². The average molecular weight is 179 g/mol. The normalized spacial score (nSPS) is 42.0. The Bertz CT molecular complexity index is 131. The Morgan fingerprint density at radius 2 is 1.75 bits per heavy atom. The molecule has 1 rings (SSSR count). The van der Waals surface area contributed by atoms with Crippen LogP contribution < -0.4 is 5.32 Å². The van der Waals surface area contributed by atoms with E-state index in [1.807, 2.05) is 0 Å². The van der Waals surface area contributed by atoms with Crippen LogP contribution in [0.25, 0.3) is 0 Å². The highest BCUT2D eigenvalue weighted by Gasteiger charge is 2.35. The van der Waals surface area contributed by atoms with Crippen molar-refractivity contribution in [3.05, 3.63) is 0 Å². The van der Waals surface area contributed by atoms with E-state index >= 15 is 0 Å². The fraction of sp³-hybridized carbons (Fsp3) is 1.00. The molecule has 0 amide bonds. The summed E-state index contributed by atoms with van der Waals surface area (Å²) < 4.78 is 0. The van der Waals surface area contributed by atoms with Gasteiger partial charge >= 0.3 is 0 Å². The molecule has 1 saturated heterocycles. The number of piperidine rings is 1. The van der Waals surface area contributed by atoms with Crippen molar-refractivity contribution in [1.82, 2.24) is 5.32 Å². The summed E-state index contributed by atoms with van der Waals surface area (Å²) in [6.07, 6.45) is -3.20. The molecule has 0 aromatic rings. The van der Waals surface area contributed by atoms with Crippen molar-refractivity contribution in [2.45, 2.75) is 31.8 Å². The number of nitrogens with one attached hydrogen (secondary N) is 1. The van der Waals surface area contributed by atoms with Gasteiger partial charge < -0.3 is 25.7 Å². The van der Waals surface area contributed by atoms with Gasteiger partial charge in [0, 0.05) is 6.54 Å². The monoisotopic (exact) mass is 179 g/mol. The van der Waals surface area contributed by atoms with Gasteiger partial charge in [-0.1, -0.05) is 7.43 Å². The quantitative estimate of drug-likeness (QED) is 0.311. The highest BCUT2D eigenvalue weighted by atomic mass is 16.4. The van der Waals surface area contributed by atoms with Gasteiger partial charge in [-0.3, -0.25) is 0 Å². The SMILES string of the molecule is C.OCC1NCC(O)C(O)C1O. The maximum absolute atomic E-state index is 9.18. The van der Waals surface area contributed by atoms with Gasteiger partial charge in [-0.2, -0.15) is 0 Å². The number of hydrogen-bond donors (Lipinski definition) is 5. The molecule has 0 saturated carbocycles. The van der Waals surface area contributed by atoms with Gasteiger partial charge in [0.1, 0.15) is 6.10 Å². The van der Waals surface area contributed by atoms with Gasteiger partial charge in [-0.25, -0.2) is 0 Å². The molecular weight excluding hydrogens is 162 g/mol. The molecular formula is C7H17NO4. The Labute approximate surface area is 71.7 Å². The van der Waals surface area contributed by atoms with Crippen LogP contribution in [0.1, 0.15) is 7.43 Å². The molecule has 0 aromatic heterocycles. The number of β-amino-alcohol motifs (C(OH)–C–C–N with tert-alkyl or cyclic N) is 1. The van der Waals surface area contributed by atoms with Crippen molar-refractivity contribution < 1.29 is 20.4 Å². The lowest BCUT2D eigenvalue weighted by atomic mass is 9.97. The van der Waals surface area contributed by atoms with Gasteiger partial charge in [-0.15, -0.1) is 0 Å². The Kier molecular flexibility index (Phi) is 4.66. The van der Waals surface area contributed by atoms with Crippen molar-refractivity contribution in [2.24, 2.45) is 0 Å². The lowest BCUT2D eigenvalue weighted by Crippen LogP contribution is -2.60. The predicted octanol–water partition coefficient (Wildman–Crippen LogP) is -2.33. The molecule has 74 valence electrons. The molecule has 1 aliphatic heterocycles. The largest absolute Gasteiger partial charge is 0.395 e. The van der Waals surface area contributed by atoms with Crippen LogP contribution in [0.4, 0.5) is 0 Å². The molecule has 4 unspecified atom stereocenters. The van der Waals surface area contributed by atoms with Crippen LogP contribution in [0.5, 0.6) is 0 Å². The summed E-state index contributed by atoms with van der Waals surface area (Å²) in [4.78, 5) is 0. The summed E-state index contributed by atoms with van der Waals surface area (Å²) in [7, 11) is 0. The van der Waals surface area contributed by atoms with E-state index in [-0.39, 0.29) is 20.6 Å². The van der Waals surface area contributed by atoms with Crippen molar-refractivity contribution in [3.63, 3.8) is 0 Å². The van der Waals surface area contributed by atoms with Crippen molar-refractivity contribution >= 4 is 0 Å². The minimum Gasteiger partial charge on any atom is -0.395 e. The van der Waals surface area contributed by atoms with Crippen LogP contribution in [-0.2, 0) is 0 Å². The molecule has 0 spiro atoms. The zero-order chi connectivity index (χ0) is 8.43. The molecule has 0 radical (unpaired) electrons. The second kappa shape index (κ2) is 4.74. The number of hydrogen-bond acceptors (Lipinski definition) is 5. The van der Waals surface area contributed by atoms with Crippen LogP contribution in [0.2, 0.25) is 0 Å². The molecule has 0 aromatic carbocycles. The molecule has 0 aliphatic carbocycles. The Morgan fingerprint density at radius 3 is 2.25 bits per heavy atom. The second-order valence-corrected chi connectivity index (χ2v) is 2.75. The first-order valence-corrected chi connectivity index (χ1v) is 3.55. The smallest absolute Gasteiger partial charge is 0.109 e. The van der Waals surface area contributed by atoms with Gasteiger partial charge in [0.15, 0.2) is 0 Å². The van der Waals surface area contributed by atoms with Gasteiger partial charge in [0.2, 0.25) is 0 Å². The molecule has 5 N–H and O–H groups in total. The lowest BCUT2D eigenvalue weighted by Gasteiger charge is -2.34. The van der Waals surface area contributed by atoms with E-state index in [1.165, 1.54) is 0 Å². The molecule has 5 heteroatoms. The zero-order valence-corrected chi connectivity index (χ0v) is 6.01. The number of aliphatic hydroxyl groups excluding tert-OH is 4. The molecule has 1 heterocycles. The molecule has 1 aliphatic rings. The first kappa shape index (κ1) is 11.8. The van der Waals surface area contributed by atoms with E-state index in [0.29, 0.717) is 0 Å². The van der Waals surface area contributed by atoms with E-state index in [0.717, 1.165) is 0 Å². The van der Waals surface area contributed by atoms with Crippen molar-refractivity contribution in [2.75, 3.05) is 13.2 Å². The van der Waals surface area contributed by atoms with Crippen molar-refractivity contribution in [3.8, 4) is 0 Å². The van der Waals surface area contributed by atoms with Gasteiger partial charge in [0.25, 0.3) is 0 Å². The van der Waals surface area contributed by atoms with Crippen LogP contribution in [-0.4, -0.2) is 57.9 Å². The summed E-state index contributed by atoms with van der Waals surface area (Å²) in [6, 6.07) is -0.534. The maximum Gasteiger partial charge on any atom is 0.109 e. The van der Waals surface area contributed by atoms with E-state index in [2.05, 4.69) is 5.32 Å². The minimum atomic E-state index is -1.16. The zero-order valence-electron chi connectivity index (χ0n) is 6.01. The lowest BCUT2D eigenvalue weighted by molar-refractivity contribution is -0.101. The third kappa shape index (κ3) is 2.15. The Balaban J connectivity index is 0.00000121. The van der Waals surface area contributed by atoms with Crippen molar-refractivity contribution in [1.29, 1.82) is 0 Å². The van der Waals surface area contributed by atoms with Gasteiger partial charge in [0.05, 0.1) is 24.9 Å². The predicted molar refractivity (Wildman–Crippen MR) is 43.6 cm³/mol. The second-order valence-electron chi connectivity index (χ2n) is 2.75. The average Bonchev–Trinajstić information content (AvgIpc) is 2.01. The third-order valence-electron chi connectivity index (χ3n) is 1.94. The van der Waals surface area contributed by atoms with Crippen LogP contribution in [0.3, 0.4) is 0 Å². The first-order chi connectivity index (χ1) is 5.16. The highest BCUT2D eigenvalue weighted by molar-refractivity contribution is 4.91. The minimum absolute atomic E-state index is 0. The Hall–Kier alpha value is -0.200. The highest BCUT2D eigenvalue weighted by Crippen LogP contribution is 2.09. The summed E-state index contributed by atoms with van der Waals surface area (Å²) in [6.45, 7) is -0.0472.